The van der Waals surface area contributed by atoms with Crippen molar-refractivity contribution in [1.82, 2.24) is 4.90 Å². The lowest BCUT2D eigenvalue weighted by atomic mass is 9.89. The number of carbonyl (C=O) groups is 1. The lowest BCUT2D eigenvalue weighted by Gasteiger charge is -2.39. The van der Waals surface area contributed by atoms with E-state index in [1.807, 2.05) is 0 Å². The second-order valence-electron chi connectivity index (χ2n) is 5.97. The van der Waals surface area contributed by atoms with E-state index in [4.69, 9.17) is 4.74 Å². The first-order valence-electron chi connectivity index (χ1n) is 7.27. The van der Waals surface area contributed by atoms with Crippen molar-refractivity contribution in [3.8, 4) is 0 Å². The molecule has 2 heterocycles. The van der Waals surface area contributed by atoms with Crippen LogP contribution in [-0.2, 0) is 4.74 Å². The number of ether oxygens (including phenoxy) is 1. The molecule has 2 unspecified atom stereocenters. The molecule has 1 amide bonds. The Labute approximate surface area is 104 Å². The van der Waals surface area contributed by atoms with E-state index in [0.29, 0.717) is 12.1 Å². The molecule has 2 atom stereocenters. The van der Waals surface area contributed by atoms with Crippen LogP contribution in [0.2, 0.25) is 0 Å². The molecule has 1 saturated carbocycles. The van der Waals surface area contributed by atoms with Crippen LogP contribution in [0.25, 0.3) is 0 Å². The fourth-order valence-corrected chi connectivity index (χ4v) is 3.61. The number of hydrogen-bond acceptors (Lipinski definition) is 2. The highest BCUT2D eigenvalue weighted by Gasteiger charge is 2.44. The maximum atomic E-state index is 12.2. The molecule has 0 N–H and O–H groups in total. The van der Waals surface area contributed by atoms with Crippen LogP contribution in [-0.4, -0.2) is 29.2 Å². The Balaban J connectivity index is 1.61. The lowest BCUT2D eigenvalue weighted by Crippen LogP contribution is -2.48. The average Bonchev–Trinajstić information content (AvgIpc) is 2.54. The van der Waals surface area contributed by atoms with Crippen LogP contribution in [0, 0.1) is 5.92 Å². The highest BCUT2D eigenvalue weighted by molar-refractivity contribution is 5.69. The maximum Gasteiger partial charge on any atom is 0.410 e. The smallest absolute Gasteiger partial charge is 0.410 e. The topological polar surface area (TPSA) is 29.5 Å². The minimum atomic E-state index is -0.0169. The van der Waals surface area contributed by atoms with Crippen molar-refractivity contribution in [2.45, 2.75) is 76.5 Å². The highest BCUT2D eigenvalue weighted by Crippen LogP contribution is 2.40. The zero-order chi connectivity index (χ0) is 11.8. The van der Waals surface area contributed by atoms with Gasteiger partial charge in [-0.25, -0.2) is 4.79 Å². The van der Waals surface area contributed by atoms with Gasteiger partial charge in [-0.15, -0.1) is 0 Å². The van der Waals surface area contributed by atoms with Crippen molar-refractivity contribution >= 4 is 6.09 Å². The summed E-state index contributed by atoms with van der Waals surface area (Å²) in [5, 5.41) is 0. The number of amides is 1. The molecule has 17 heavy (non-hydrogen) atoms. The summed E-state index contributed by atoms with van der Waals surface area (Å²) in [7, 11) is 0. The first-order chi connectivity index (χ1) is 8.28. The van der Waals surface area contributed by atoms with Crippen LogP contribution < -0.4 is 0 Å². The summed E-state index contributed by atoms with van der Waals surface area (Å²) < 4.78 is 5.56. The van der Waals surface area contributed by atoms with Gasteiger partial charge >= 0.3 is 6.09 Å². The molecule has 0 aromatic heterocycles. The normalized spacial score (nSPS) is 36.8. The van der Waals surface area contributed by atoms with Crippen LogP contribution in [0.4, 0.5) is 4.79 Å². The molecule has 0 aromatic rings. The van der Waals surface area contributed by atoms with Crippen molar-refractivity contribution in [1.29, 1.82) is 0 Å². The number of piperidine rings is 1. The summed E-state index contributed by atoms with van der Waals surface area (Å²) in [4.78, 5) is 14.2. The van der Waals surface area contributed by atoms with Gasteiger partial charge in [-0.2, -0.15) is 0 Å². The van der Waals surface area contributed by atoms with Gasteiger partial charge in [0.25, 0.3) is 0 Å². The van der Waals surface area contributed by atoms with E-state index in [9.17, 15) is 4.79 Å². The van der Waals surface area contributed by atoms with Gasteiger partial charge in [0.15, 0.2) is 0 Å². The molecule has 3 rings (SSSR count). The van der Waals surface area contributed by atoms with Gasteiger partial charge in [-0.1, -0.05) is 13.3 Å². The van der Waals surface area contributed by atoms with Crippen molar-refractivity contribution < 1.29 is 9.53 Å². The van der Waals surface area contributed by atoms with E-state index in [2.05, 4.69) is 11.8 Å². The third-order valence-corrected chi connectivity index (χ3v) is 4.94. The average molecular weight is 237 g/mol. The largest absolute Gasteiger partial charge is 0.446 e. The number of fused-ring (bicyclic) bond motifs is 2. The van der Waals surface area contributed by atoms with E-state index in [1.165, 1.54) is 38.5 Å². The Kier molecular flexibility index (Phi) is 3.01. The first kappa shape index (κ1) is 11.4. The van der Waals surface area contributed by atoms with Crippen LogP contribution >= 0.6 is 0 Å². The zero-order valence-corrected chi connectivity index (χ0v) is 10.7. The van der Waals surface area contributed by atoms with Crippen LogP contribution in [0.15, 0.2) is 0 Å². The summed E-state index contributed by atoms with van der Waals surface area (Å²) in [6.45, 7) is 2.27. The van der Waals surface area contributed by atoms with Crippen molar-refractivity contribution in [2.75, 3.05) is 0 Å². The van der Waals surface area contributed by atoms with E-state index in [-0.39, 0.29) is 12.2 Å². The Hall–Kier alpha value is -0.730. The first-order valence-corrected chi connectivity index (χ1v) is 7.27. The highest BCUT2D eigenvalue weighted by atomic mass is 16.6. The van der Waals surface area contributed by atoms with Crippen molar-refractivity contribution in [2.24, 2.45) is 5.92 Å². The number of rotatable bonds is 2. The SMILES string of the molecule is CCC1CC2CCC(C1)N2C(=O)OC1CCC1. The number of hydrogen-bond donors (Lipinski definition) is 0. The summed E-state index contributed by atoms with van der Waals surface area (Å²) in [6, 6.07) is 0.956. The molecule has 3 nitrogen and oxygen atoms in total. The van der Waals surface area contributed by atoms with E-state index in [0.717, 1.165) is 18.8 Å². The summed E-state index contributed by atoms with van der Waals surface area (Å²) in [5.74, 6) is 0.834. The predicted molar refractivity (Wildman–Crippen MR) is 65.8 cm³/mol. The Morgan fingerprint density at radius 3 is 2.29 bits per heavy atom. The van der Waals surface area contributed by atoms with Gasteiger partial charge in [-0.3, -0.25) is 0 Å². The van der Waals surface area contributed by atoms with Crippen LogP contribution in [0.1, 0.15) is 58.3 Å². The third kappa shape index (κ3) is 2.04. The lowest BCUT2D eigenvalue weighted by molar-refractivity contribution is 0.00460. The third-order valence-electron chi connectivity index (χ3n) is 4.94. The molecule has 3 fully saturated rings. The van der Waals surface area contributed by atoms with Crippen molar-refractivity contribution in [3.05, 3.63) is 0 Å². The Bertz CT molecular complexity index is 287. The molecule has 1 aliphatic carbocycles. The molecular formula is C14H23NO2. The fourth-order valence-electron chi connectivity index (χ4n) is 3.61. The molecule has 0 radical (unpaired) electrons. The molecular weight excluding hydrogens is 214 g/mol. The molecule has 0 aromatic carbocycles. The minimum Gasteiger partial charge on any atom is -0.446 e. The standard InChI is InChI=1S/C14H23NO2/c1-2-10-8-11-6-7-12(9-10)15(11)14(16)17-13-4-3-5-13/h10-13H,2-9H2,1H3. The van der Waals surface area contributed by atoms with E-state index in [1.54, 1.807) is 0 Å². The quantitative estimate of drug-likeness (QED) is 0.737. The van der Waals surface area contributed by atoms with Gasteiger partial charge in [0.2, 0.25) is 0 Å². The minimum absolute atomic E-state index is 0.0169. The molecule has 96 valence electrons. The van der Waals surface area contributed by atoms with Gasteiger partial charge in [0, 0.05) is 12.1 Å². The van der Waals surface area contributed by atoms with Crippen molar-refractivity contribution in [3.63, 3.8) is 0 Å². The summed E-state index contributed by atoms with van der Waals surface area (Å²) in [6.07, 6.45) is 9.64. The number of carbonyl (C=O) groups excluding carboxylic acids is 1. The Morgan fingerprint density at radius 2 is 1.82 bits per heavy atom. The maximum absolute atomic E-state index is 12.2. The van der Waals surface area contributed by atoms with Crippen LogP contribution in [0.3, 0.4) is 0 Å². The van der Waals surface area contributed by atoms with E-state index < -0.39 is 0 Å². The molecule has 3 aliphatic rings. The second-order valence-corrected chi connectivity index (χ2v) is 5.97. The molecule has 2 aliphatic heterocycles. The summed E-state index contributed by atoms with van der Waals surface area (Å²) >= 11 is 0. The summed E-state index contributed by atoms with van der Waals surface area (Å²) in [5.41, 5.74) is 0. The molecule has 0 spiro atoms. The molecule has 3 heteroatoms. The Morgan fingerprint density at radius 1 is 1.18 bits per heavy atom. The second kappa shape index (κ2) is 4.51. The molecule has 2 bridgehead atoms. The number of nitrogens with zero attached hydrogens (tertiary/aromatic N) is 1. The predicted octanol–water partition coefficient (Wildman–Crippen LogP) is 3.33. The molecule has 2 saturated heterocycles. The van der Waals surface area contributed by atoms with Crippen LogP contribution in [0.5, 0.6) is 0 Å². The zero-order valence-electron chi connectivity index (χ0n) is 10.7. The van der Waals surface area contributed by atoms with Gasteiger partial charge in [0.05, 0.1) is 0 Å². The van der Waals surface area contributed by atoms with E-state index >= 15 is 0 Å². The monoisotopic (exact) mass is 237 g/mol. The fraction of sp³-hybridized carbons (Fsp3) is 0.929. The van der Waals surface area contributed by atoms with Gasteiger partial charge in [0.1, 0.15) is 6.10 Å². The van der Waals surface area contributed by atoms with Gasteiger partial charge in [-0.05, 0) is 50.9 Å². The van der Waals surface area contributed by atoms with Gasteiger partial charge < -0.3 is 9.64 Å².